The van der Waals surface area contributed by atoms with Crippen LogP contribution in [0.1, 0.15) is 40.0 Å². The highest BCUT2D eigenvalue weighted by molar-refractivity contribution is 5.76. The molecule has 142 valence electrons. The molecule has 0 aromatic rings. The molecule has 2 N–H and O–H groups in total. The predicted octanol–water partition coefficient (Wildman–Crippen LogP) is -0.246. The number of carbonyl (C=O) groups excluding carboxylic acids is 3. The SMILES string of the molecule is CCC(=O)O[C@@H]1[C@@H](OC(=O)CC)[C@H](O)O[C@H](C(=O)O)[C@H]1OC(=O)CC. The van der Waals surface area contributed by atoms with E-state index in [0.717, 1.165) is 0 Å². The van der Waals surface area contributed by atoms with Gasteiger partial charge in [-0.05, 0) is 0 Å². The topological polar surface area (TPSA) is 146 Å². The summed E-state index contributed by atoms with van der Waals surface area (Å²) in [5.41, 5.74) is 0. The molecule has 1 aliphatic heterocycles. The Balaban J connectivity index is 3.22. The van der Waals surface area contributed by atoms with Gasteiger partial charge in [-0.1, -0.05) is 20.8 Å². The fraction of sp³-hybridized carbons (Fsp3) is 0.733. The molecule has 0 aromatic carbocycles. The normalized spacial score (nSPS) is 28.7. The lowest BCUT2D eigenvalue weighted by atomic mass is 9.98. The van der Waals surface area contributed by atoms with E-state index in [0.29, 0.717) is 0 Å². The summed E-state index contributed by atoms with van der Waals surface area (Å²) >= 11 is 0. The first-order chi connectivity index (χ1) is 11.7. The maximum atomic E-state index is 11.7. The van der Waals surface area contributed by atoms with E-state index < -0.39 is 54.6 Å². The predicted molar refractivity (Wildman–Crippen MR) is 79.0 cm³/mol. The molecular formula is C15H22O10. The van der Waals surface area contributed by atoms with Gasteiger partial charge in [0.2, 0.25) is 0 Å². The molecule has 0 aromatic heterocycles. The Labute approximate surface area is 144 Å². The zero-order chi connectivity index (χ0) is 19.1. The third kappa shape index (κ3) is 5.40. The van der Waals surface area contributed by atoms with Crippen molar-refractivity contribution in [1.29, 1.82) is 0 Å². The Morgan fingerprint density at radius 1 is 0.800 bits per heavy atom. The van der Waals surface area contributed by atoms with Crippen LogP contribution in [0.15, 0.2) is 0 Å². The summed E-state index contributed by atoms with van der Waals surface area (Å²) in [4.78, 5) is 46.3. The molecule has 0 amide bonds. The minimum atomic E-state index is -1.87. The van der Waals surface area contributed by atoms with E-state index in [9.17, 15) is 29.4 Å². The molecule has 1 aliphatic rings. The summed E-state index contributed by atoms with van der Waals surface area (Å²) in [5, 5.41) is 19.3. The van der Waals surface area contributed by atoms with E-state index in [1.165, 1.54) is 20.8 Å². The van der Waals surface area contributed by atoms with Crippen molar-refractivity contribution in [2.75, 3.05) is 0 Å². The minimum Gasteiger partial charge on any atom is -0.479 e. The number of aliphatic hydroxyl groups excluding tert-OH is 1. The fourth-order valence-electron chi connectivity index (χ4n) is 2.12. The quantitative estimate of drug-likeness (QED) is 0.459. The van der Waals surface area contributed by atoms with Crippen LogP contribution in [0, 0.1) is 0 Å². The fourth-order valence-corrected chi connectivity index (χ4v) is 2.12. The van der Waals surface area contributed by atoms with Crippen molar-refractivity contribution in [2.24, 2.45) is 0 Å². The van der Waals surface area contributed by atoms with E-state index in [2.05, 4.69) is 0 Å². The van der Waals surface area contributed by atoms with Crippen LogP contribution >= 0.6 is 0 Å². The standard InChI is InChI=1S/C15H22O10/c1-4-7(16)22-10-11(23-8(17)5-2)13(24-9(18)6-3)15(21)25-12(10)14(19)20/h10-13,15,21H,4-6H2,1-3H3,(H,19,20)/t10-,11-,12-,13+,15+/m0/s1. The average Bonchev–Trinajstić information content (AvgIpc) is 2.58. The van der Waals surface area contributed by atoms with Crippen molar-refractivity contribution in [3.05, 3.63) is 0 Å². The number of hydrogen-bond donors (Lipinski definition) is 2. The van der Waals surface area contributed by atoms with Gasteiger partial charge in [0.05, 0.1) is 0 Å². The maximum absolute atomic E-state index is 11.7. The first kappa shape index (κ1) is 20.8. The molecule has 1 heterocycles. The van der Waals surface area contributed by atoms with Crippen molar-refractivity contribution >= 4 is 23.9 Å². The number of carboxylic acid groups (broad SMARTS) is 1. The zero-order valence-electron chi connectivity index (χ0n) is 14.2. The smallest absolute Gasteiger partial charge is 0.337 e. The Morgan fingerprint density at radius 3 is 1.60 bits per heavy atom. The molecule has 0 aliphatic carbocycles. The summed E-state index contributed by atoms with van der Waals surface area (Å²) < 4.78 is 20.1. The average molecular weight is 362 g/mol. The van der Waals surface area contributed by atoms with Crippen LogP contribution in [-0.2, 0) is 38.1 Å². The molecule has 25 heavy (non-hydrogen) atoms. The number of esters is 3. The highest BCUT2D eigenvalue weighted by atomic mass is 16.7. The molecule has 1 fully saturated rings. The highest BCUT2D eigenvalue weighted by Gasteiger charge is 2.54. The second-order valence-corrected chi connectivity index (χ2v) is 5.21. The van der Waals surface area contributed by atoms with Crippen LogP contribution in [0.25, 0.3) is 0 Å². The second-order valence-electron chi connectivity index (χ2n) is 5.21. The summed E-state index contributed by atoms with van der Waals surface area (Å²) in [6.45, 7) is 4.48. The molecule has 0 bridgehead atoms. The Hall–Kier alpha value is -2.20. The lowest BCUT2D eigenvalue weighted by Crippen LogP contribution is -2.63. The Morgan fingerprint density at radius 2 is 1.20 bits per heavy atom. The first-order valence-corrected chi connectivity index (χ1v) is 7.89. The van der Waals surface area contributed by atoms with Crippen LogP contribution in [0.5, 0.6) is 0 Å². The summed E-state index contributed by atoms with van der Waals surface area (Å²) in [6, 6.07) is 0. The van der Waals surface area contributed by atoms with Crippen LogP contribution in [0.3, 0.4) is 0 Å². The molecule has 0 radical (unpaired) electrons. The van der Waals surface area contributed by atoms with Gasteiger partial charge < -0.3 is 29.2 Å². The van der Waals surface area contributed by atoms with Crippen LogP contribution < -0.4 is 0 Å². The zero-order valence-corrected chi connectivity index (χ0v) is 14.2. The summed E-state index contributed by atoms with van der Waals surface area (Å²) in [7, 11) is 0. The largest absolute Gasteiger partial charge is 0.479 e. The summed E-state index contributed by atoms with van der Waals surface area (Å²) in [6.07, 6.45) is -8.48. The molecule has 10 heteroatoms. The van der Waals surface area contributed by atoms with Crippen molar-refractivity contribution in [3.63, 3.8) is 0 Å². The number of carboxylic acids is 1. The number of aliphatic hydroxyl groups is 1. The van der Waals surface area contributed by atoms with Crippen LogP contribution in [0.4, 0.5) is 0 Å². The monoisotopic (exact) mass is 362 g/mol. The molecule has 1 rings (SSSR count). The molecule has 0 saturated carbocycles. The van der Waals surface area contributed by atoms with E-state index >= 15 is 0 Å². The van der Waals surface area contributed by atoms with Gasteiger partial charge in [-0.3, -0.25) is 14.4 Å². The van der Waals surface area contributed by atoms with Crippen molar-refractivity contribution in [1.82, 2.24) is 0 Å². The lowest BCUT2D eigenvalue weighted by Gasteiger charge is -2.41. The van der Waals surface area contributed by atoms with E-state index in [1.54, 1.807) is 0 Å². The third-order valence-electron chi connectivity index (χ3n) is 3.43. The van der Waals surface area contributed by atoms with Gasteiger partial charge in [-0.15, -0.1) is 0 Å². The van der Waals surface area contributed by atoms with Gasteiger partial charge in [-0.2, -0.15) is 0 Å². The van der Waals surface area contributed by atoms with Crippen molar-refractivity contribution in [2.45, 2.75) is 70.7 Å². The van der Waals surface area contributed by atoms with Crippen molar-refractivity contribution < 1.29 is 48.3 Å². The van der Waals surface area contributed by atoms with Crippen LogP contribution in [-0.4, -0.2) is 64.8 Å². The lowest BCUT2D eigenvalue weighted by molar-refractivity contribution is -0.290. The number of rotatable bonds is 7. The van der Waals surface area contributed by atoms with Gasteiger partial charge >= 0.3 is 23.9 Å². The van der Waals surface area contributed by atoms with Gasteiger partial charge in [0, 0.05) is 19.3 Å². The third-order valence-corrected chi connectivity index (χ3v) is 3.43. The maximum Gasteiger partial charge on any atom is 0.337 e. The minimum absolute atomic E-state index is 0.0422. The number of hydrogen-bond acceptors (Lipinski definition) is 9. The molecule has 0 unspecified atom stereocenters. The van der Waals surface area contributed by atoms with E-state index in [1.807, 2.05) is 0 Å². The molecule has 0 spiro atoms. The highest BCUT2D eigenvalue weighted by Crippen LogP contribution is 2.28. The number of aliphatic carboxylic acids is 1. The van der Waals surface area contributed by atoms with Gasteiger partial charge in [0.1, 0.15) is 0 Å². The Bertz CT molecular complexity index is 516. The molecule has 5 atom stereocenters. The molecule has 1 saturated heterocycles. The summed E-state index contributed by atoms with van der Waals surface area (Å²) in [5.74, 6) is -3.79. The van der Waals surface area contributed by atoms with Crippen molar-refractivity contribution in [3.8, 4) is 0 Å². The van der Waals surface area contributed by atoms with Gasteiger partial charge in [-0.25, -0.2) is 4.79 Å². The number of ether oxygens (including phenoxy) is 4. The van der Waals surface area contributed by atoms with E-state index in [-0.39, 0.29) is 19.3 Å². The second kappa shape index (κ2) is 9.33. The van der Waals surface area contributed by atoms with Gasteiger partial charge in [0.25, 0.3) is 0 Å². The number of carbonyl (C=O) groups is 4. The van der Waals surface area contributed by atoms with Crippen LogP contribution in [0.2, 0.25) is 0 Å². The Kier molecular flexibility index (Phi) is 7.78. The first-order valence-electron chi connectivity index (χ1n) is 7.89. The molecular weight excluding hydrogens is 340 g/mol. The molecule has 10 nitrogen and oxygen atoms in total. The van der Waals surface area contributed by atoms with Gasteiger partial charge in [0.15, 0.2) is 30.7 Å². The van der Waals surface area contributed by atoms with E-state index in [4.69, 9.17) is 18.9 Å².